The minimum atomic E-state index is -1.05. The molecule has 0 amide bonds. The van der Waals surface area contributed by atoms with Crippen molar-refractivity contribution in [1.82, 2.24) is 4.98 Å². The van der Waals surface area contributed by atoms with Gasteiger partial charge >= 0.3 is 5.97 Å². The van der Waals surface area contributed by atoms with Crippen LogP contribution in [0.4, 0.5) is 0 Å². The minimum absolute atomic E-state index is 0.0395. The molecule has 0 bridgehead atoms. The van der Waals surface area contributed by atoms with Crippen molar-refractivity contribution in [3.63, 3.8) is 0 Å². The smallest absolute Gasteiger partial charge is 0.371 e. The van der Waals surface area contributed by atoms with Gasteiger partial charge < -0.3 is 14.8 Å². The van der Waals surface area contributed by atoms with Gasteiger partial charge in [-0.25, -0.2) is 4.79 Å². The highest BCUT2D eigenvalue weighted by molar-refractivity contribution is 5.91. The third-order valence-electron chi connectivity index (χ3n) is 2.39. The molecule has 1 aromatic heterocycles. The molecule has 2 rings (SSSR count). The lowest BCUT2D eigenvalue weighted by Gasteiger charge is -2.03. The number of aromatic amines is 1. The van der Waals surface area contributed by atoms with E-state index < -0.39 is 5.97 Å². The van der Waals surface area contributed by atoms with Gasteiger partial charge in [-0.2, -0.15) is 0 Å². The molecule has 0 aliphatic heterocycles. The highest BCUT2D eigenvalue weighted by Crippen LogP contribution is 2.16. The maximum absolute atomic E-state index is 10.9. The topological polar surface area (TPSA) is 62.3 Å². The fourth-order valence-electron chi connectivity index (χ4n) is 1.63. The monoisotopic (exact) mass is 231 g/mol. The number of aliphatic carboxylic acids is 1. The summed E-state index contributed by atoms with van der Waals surface area (Å²) in [5, 5.41) is 9.98. The Morgan fingerprint density at radius 3 is 3.00 bits per heavy atom. The Labute approximate surface area is 98.5 Å². The first kappa shape index (κ1) is 11.3. The number of rotatable bonds is 4. The Morgan fingerprint density at radius 1 is 1.47 bits per heavy atom. The summed E-state index contributed by atoms with van der Waals surface area (Å²) in [7, 11) is 0. The summed E-state index contributed by atoms with van der Waals surface area (Å²) >= 11 is 0. The van der Waals surface area contributed by atoms with Crippen LogP contribution >= 0.6 is 0 Å². The molecule has 0 saturated heterocycles. The molecular weight excluding hydrogens is 218 g/mol. The molecule has 1 heterocycles. The third-order valence-corrected chi connectivity index (χ3v) is 2.39. The molecular formula is C13H13NO3. The average Bonchev–Trinajstić information content (AvgIpc) is 2.75. The van der Waals surface area contributed by atoms with Crippen LogP contribution in [0.5, 0.6) is 0 Å². The first-order chi connectivity index (χ1) is 8.20. The van der Waals surface area contributed by atoms with Crippen LogP contribution in [0, 0.1) is 0 Å². The van der Waals surface area contributed by atoms with E-state index in [0.717, 1.165) is 16.5 Å². The predicted molar refractivity (Wildman–Crippen MR) is 65.5 cm³/mol. The normalized spacial score (nSPS) is 11.7. The first-order valence-electron chi connectivity index (χ1n) is 5.35. The molecule has 0 radical (unpaired) electrons. The molecule has 2 N–H and O–H groups in total. The van der Waals surface area contributed by atoms with E-state index in [2.05, 4.69) is 4.98 Å². The van der Waals surface area contributed by atoms with Crippen LogP contribution in [-0.2, 0) is 9.53 Å². The molecule has 0 aliphatic carbocycles. The molecule has 0 aliphatic rings. The van der Waals surface area contributed by atoms with E-state index in [9.17, 15) is 4.79 Å². The van der Waals surface area contributed by atoms with Gasteiger partial charge in [0.05, 0.1) is 6.61 Å². The Kier molecular flexibility index (Phi) is 3.14. The summed E-state index contributed by atoms with van der Waals surface area (Å²) in [5.41, 5.74) is 1.83. The van der Waals surface area contributed by atoms with Gasteiger partial charge in [0.2, 0.25) is 5.76 Å². The highest BCUT2D eigenvalue weighted by atomic mass is 16.5. The second kappa shape index (κ2) is 4.74. The van der Waals surface area contributed by atoms with Gasteiger partial charge in [0.1, 0.15) is 0 Å². The van der Waals surface area contributed by atoms with Crippen LogP contribution in [0.3, 0.4) is 0 Å². The van der Waals surface area contributed by atoms with E-state index in [-0.39, 0.29) is 5.76 Å². The van der Waals surface area contributed by atoms with Crippen molar-refractivity contribution in [2.75, 3.05) is 6.61 Å². The molecule has 17 heavy (non-hydrogen) atoms. The maximum atomic E-state index is 10.9. The molecule has 0 atom stereocenters. The number of nitrogens with one attached hydrogen (secondary N) is 1. The van der Waals surface area contributed by atoms with E-state index in [1.165, 1.54) is 6.08 Å². The lowest BCUT2D eigenvalue weighted by Crippen LogP contribution is -2.04. The minimum Gasteiger partial charge on any atom is -0.487 e. The van der Waals surface area contributed by atoms with Crippen molar-refractivity contribution in [2.45, 2.75) is 6.92 Å². The Morgan fingerprint density at radius 2 is 2.29 bits per heavy atom. The number of benzene rings is 1. The van der Waals surface area contributed by atoms with Gasteiger partial charge in [0.25, 0.3) is 0 Å². The largest absolute Gasteiger partial charge is 0.487 e. The van der Waals surface area contributed by atoms with Crippen LogP contribution < -0.4 is 0 Å². The van der Waals surface area contributed by atoms with E-state index in [1.807, 2.05) is 30.5 Å². The number of H-pyrrole nitrogens is 1. The van der Waals surface area contributed by atoms with E-state index >= 15 is 0 Å². The third kappa shape index (κ3) is 2.47. The molecule has 0 fully saturated rings. The van der Waals surface area contributed by atoms with E-state index in [4.69, 9.17) is 9.84 Å². The number of hydrogen-bond donors (Lipinski definition) is 2. The number of ether oxygens (including phenoxy) is 1. The Bertz CT molecular complexity index is 569. The number of hydrogen-bond acceptors (Lipinski definition) is 2. The van der Waals surface area contributed by atoms with Crippen molar-refractivity contribution in [3.05, 3.63) is 41.8 Å². The van der Waals surface area contributed by atoms with Crippen molar-refractivity contribution < 1.29 is 14.6 Å². The van der Waals surface area contributed by atoms with Gasteiger partial charge in [-0.1, -0.05) is 6.07 Å². The van der Waals surface area contributed by atoms with Crippen LogP contribution in [0.1, 0.15) is 12.5 Å². The summed E-state index contributed by atoms with van der Waals surface area (Å²) in [6.07, 6.45) is 3.37. The SMILES string of the molecule is CCOC(=Cc1ccc2[nH]ccc2c1)C(=O)O. The Hall–Kier alpha value is -2.23. The number of fused-ring (bicyclic) bond motifs is 1. The van der Waals surface area contributed by atoms with E-state index in [1.54, 1.807) is 6.92 Å². The van der Waals surface area contributed by atoms with Gasteiger partial charge in [-0.05, 0) is 42.1 Å². The summed E-state index contributed by atoms with van der Waals surface area (Å²) in [6.45, 7) is 2.09. The summed E-state index contributed by atoms with van der Waals surface area (Å²) in [5.74, 6) is -1.09. The van der Waals surface area contributed by atoms with Gasteiger partial charge in [0.15, 0.2) is 0 Å². The predicted octanol–water partition coefficient (Wildman–Crippen LogP) is 2.63. The second-order valence-electron chi connectivity index (χ2n) is 3.57. The van der Waals surface area contributed by atoms with Gasteiger partial charge in [-0.15, -0.1) is 0 Å². The molecule has 4 nitrogen and oxygen atoms in total. The lowest BCUT2D eigenvalue weighted by molar-refractivity contribution is -0.136. The van der Waals surface area contributed by atoms with Crippen LogP contribution in [0.2, 0.25) is 0 Å². The van der Waals surface area contributed by atoms with Gasteiger partial charge in [0, 0.05) is 11.7 Å². The molecule has 0 spiro atoms. The molecule has 0 unspecified atom stereocenters. The van der Waals surface area contributed by atoms with Crippen molar-refractivity contribution >= 4 is 22.9 Å². The fraction of sp³-hybridized carbons (Fsp3) is 0.154. The Balaban J connectivity index is 2.37. The molecule has 0 saturated carbocycles. The van der Waals surface area contributed by atoms with Crippen LogP contribution in [-0.4, -0.2) is 22.7 Å². The van der Waals surface area contributed by atoms with Crippen molar-refractivity contribution in [1.29, 1.82) is 0 Å². The summed E-state index contributed by atoms with van der Waals surface area (Å²) in [6, 6.07) is 7.61. The number of carbonyl (C=O) groups is 1. The number of carboxylic acids is 1. The maximum Gasteiger partial charge on any atom is 0.371 e. The van der Waals surface area contributed by atoms with E-state index in [0.29, 0.717) is 6.61 Å². The zero-order chi connectivity index (χ0) is 12.3. The first-order valence-corrected chi connectivity index (χ1v) is 5.35. The fourth-order valence-corrected chi connectivity index (χ4v) is 1.63. The quantitative estimate of drug-likeness (QED) is 0.628. The van der Waals surface area contributed by atoms with Crippen LogP contribution in [0.25, 0.3) is 17.0 Å². The summed E-state index contributed by atoms with van der Waals surface area (Å²) in [4.78, 5) is 14.0. The molecule has 1 aromatic carbocycles. The number of carboxylic acid groups (broad SMARTS) is 1. The lowest BCUT2D eigenvalue weighted by atomic mass is 10.1. The van der Waals surface area contributed by atoms with Crippen molar-refractivity contribution in [3.8, 4) is 0 Å². The van der Waals surface area contributed by atoms with Crippen molar-refractivity contribution in [2.24, 2.45) is 0 Å². The van der Waals surface area contributed by atoms with Crippen LogP contribution in [0.15, 0.2) is 36.2 Å². The summed E-state index contributed by atoms with van der Waals surface area (Å²) < 4.78 is 5.05. The molecule has 2 aromatic rings. The zero-order valence-corrected chi connectivity index (χ0v) is 9.43. The number of aromatic nitrogens is 1. The molecule has 88 valence electrons. The standard InChI is InChI=1S/C13H13NO3/c1-2-17-12(13(15)16)8-9-3-4-11-10(7-9)5-6-14-11/h3-8,14H,2H2,1H3,(H,15,16). The molecule has 4 heteroatoms. The highest BCUT2D eigenvalue weighted by Gasteiger charge is 2.07. The average molecular weight is 231 g/mol. The van der Waals surface area contributed by atoms with Gasteiger partial charge in [-0.3, -0.25) is 0 Å². The second-order valence-corrected chi connectivity index (χ2v) is 3.57. The zero-order valence-electron chi connectivity index (χ0n) is 9.43.